The molecule has 0 unspecified atom stereocenters. The number of nitrogens with zero attached hydrogens (tertiary/aromatic N) is 2. The van der Waals surface area contributed by atoms with Crippen molar-refractivity contribution in [2.75, 3.05) is 39.5 Å². The highest BCUT2D eigenvalue weighted by molar-refractivity contribution is 9.10. The van der Waals surface area contributed by atoms with Crippen molar-refractivity contribution in [3.05, 3.63) is 28.2 Å². The lowest BCUT2D eigenvalue weighted by molar-refractivity contribution is 0.173. The van der Waals surface area contributed by atoms with E-state index >= 15 is 0 Å². The van der Waals surface area contributed by atoms with Crippen LogP contribution < -0.4 is 5.73 Å². The van der Waals surface area contributed by atoms with Crippen LogP contribution in [-0.2, 0) is 6.54 Å². The molecule has 0 spiro atoms. The van der Waals surface area contributed by atoms with Crippen LogP contribution >= 0.6 is 15.9 Å². The molecule has 1 heterocycles. The second-order valence-electron chi connectivity index (χ2n) is 5.79. The summed E-state index contributed by atoms with van der Waals surface area (Å²) in [6, 6.07) is 6.04. The zero-order chi connectivity index (χ0) is 13.8. The molecule has 0 bridgehead atoms. The first kappa shape index (κ1) is 14.8. The average Bonchev–Trinajstić information content (AvgIpc) is 2.37. The highest BCUT2D eigenvalue weighted by Gasteiger charge is 2.18. The Morgan fingerprint density at radius 2 is 2.05 bits per heavy atom. The van der Waals surface area contributed by atoms with Crippen LogP contribution in [0.3, 0.4) is 0 Å². The molecule has 4 heteroatoms. The van der Waals surface area contributed by atoms with Gasteiger partial charge in [0.15, 0.2) is 0 Å². The van der Waals surface area contributed by atoms with E-state index in [0.29, 0.717) is 0 Å². The van der Waals surface area contributed by atoms with Gasteiger partial charge in [-0.1, -0.05) is 15.9 Å². The van der Waals surface area contributed by atoms with Gasteiger partial charge in [0.2, 0.25) is 0 Å². The SMILES string of the molecule is CN1CCC(CN(C)Cc2cc(N)ccc2Br)CC1. The van der Waals surface area contributed by atoms with Crippen LogP contribution in [0.4, 0.5) is 5.69 Å². The van der Waals surface area contributed by atoms with Crippen LogP contribution in [0.1, 0.15) is 18.4 Å². The van der Waals surface area contributed by atoms with Crippen LogP contribution in [0, 0.1) is 5.92 Å². The summed E-state index contributed by atoms with van der Waals surface area (Å²) in [4.78, 5) is 4.83. The van der Waals surface area contributed by atoms with Gasteiger partial charge in [-0.15, -0.1) is 0 Å². The topological polar surface area (TPSA) is 32.5 Å². The van der Waals surface area contributed by atoms with Crippen LogP contribution in [0.2, 0.25) is 0 Å². The van der Waals surface area contributed by atoms with Gasteiger partial charge in [-0.05, 0) is 69.7 Å². The van der Waals surface area contributed by atoms with Crippen molar-refractivity contribution in [2.24, 2.45) is 5.92 Å². The lowest BCUT2D eigenvalue weighted by Crippen LogP contribution is -2.35. The van der Waals surface area contributed by atoms with Gasteiger partial charge in [0.1, 0.15) is 0 Å². The standard InChI is InChI=1S/C15H24BrN3/c1-18-7-5-12(6-8-18)10-19(2)11-13-9-14(17)3-4-15(13)16/h3-4,9,12H,5-8,10-11,17H2,1-2H3. The molecule has 0 aromatic heterocycles. The summed E-state index contributed by atoms with van der Waals surface area (Å²) >= 11 is 3.60. The zero-order valence-corrected chi connectivity index (χ0v) is 13.5. The molecule has 2 N–H and O–H groups in total. The monoisotopic (exact) mass is 325 g/mol. The summed E-state index contributed by atoms with van der Waals surface area (Å²) < 4.78 is 1.15. The third kappa shape index (κ3) is 4.48. The van der Waals surface area contributed by atoms with E-state index in [1.807, 2.05) is 12.1 Å². The lowest BCUT2D eigenvalue weighted by atomic mass is 9.96. The molecule has 0 aliphatic carbocycles. The minimum atomic E-state index is 0.834. The Bertz CT molecular complexity index is 414. The fourth-order valence-electron chi connectivity index (χ4n) is 2.76. The first-order chi connectivity index (χ1) is 9.04. The highest BCUT2D eigenvalue weighted by atomic mass is 79.9. The van der Waals surface area contributed by atoms with Crippen LogP contribution in [0.25, 0.3) is 0 Å². The number of benzene rings is 1. The number of likely N-dealkylation sites (tertiary alicyclic amines) is 1. The lowest BCUT2D eigenvalue weighted by Gasteiger charge is -2.31. The number of rotatable bonds is 4. The number of hydrogen-bond acceptors (Lipinski definition) is 3. The molecule has 1 saturated heterocycles. The van der Waals surface area contributed by atoms with Crippen LogP contribution in [0.15, 0.2) is 22.7 Å². The second-order valence-corrected chi connectivity index (χ2v) is 6.65. The molecule has 1 fully saturated rings. The fraction of sp³-hybridized carbons (Fsp3) is 0.600. The van der Waals surface area contributed by atoms with Crippen molar-refractivity contribution < 1.29 is 0 Å². The van der Waals surface area contributed by atoms with Crippen molar-refractivity contribution in [1.29, 1.82) is 0 Å². The molecule has 1 aliphatic rings. The van der Waals surface area contributed by atoms with Crippen molar-refractivity contribution in [3.8, 4) is 0 Å². The smallest absolute Gasteiger partial charge is 0.0318 e. The first-order valence-corrected chi connectivity index (χ1v) is 7.75. The Balaban J connectivity index is 1.87. The van der Waals surface area contributed by atoms with Gasteiger partial charge in [0, 0.05) is 23.2 Å². The average molecular weight is 326 g/mol. The molecular formula is C15H24BrN3. The maximum absolute atomic E-state index is 5.86. The Kier molecular flexibility index (Phi) is 5.25. The third-order valence-corrected chi connectivity index (χ3v) is 4.69. The molecule has 0 radical (unpaired) electrons. The molecule has 0 atom stereocenters. The molecule has 1 aromatic rings. The fourth-order valence-corrected chi connectivity index (χ4v) is 3.13. The number of hydrogen-bond donors (Lipinski definition) is 1. The summed E-state index contributed by atoms with van der Waals surface area (Å²) in [5.41, 5.74) is 7.97. The molecule has 1 aromatic carbocycles. The van der Waals surface area contributed by atoms with Gasteiger partial charge in [-0.25, -0.2) is 0 Å². The predicted octanol–water partition coefficient (Wildman–Crippen LogP) is 2.80. The number of nitrogens with two attached hydrogens (primary N) is 1. The molecule has 0 amide bonds. The van der Waals surface area contributed by atoms with Crippen molar-refractivity contribution in [3.63, 3.8) is 0 Å². The number of halogens is 1. The summed E-state index contributed by atoms with van der Waals surface area (Å²) in [6.07, 6.45) is 2.64. The molecule has 0 saturated carbocycles. The van der Waals surface area contributed by atoms with E-state index in [2.05, 4.69) is 45.9 Å². The van der Waals surface area contributed by atoms with Crippen LogP contribution in [-0.4, -0.2) is 43.5 Å². The first-order valence-electron chi connectivity index (χ1n) is 6.95. The van der Waals surface area contributed by atoms with Gasteiger partial charge >= 0.3 is 0 Å². The van der Waals surface area contributed by atoms with E-state index in [4.69, 9.17) is 5.73 Å². The van der Waals surface area contributed by atoms with E-state index in [0.717, 1.165) is 22.6 Å². The largest absolute Gasteiger partial charge is 0.399 e. The molecule has 1 aliphatic heterocycles. The quantitative estimate of drug-likeness (QED) is 0.864. The summed E-state index contributed by atoms with van der Waals surface area (Å²) in [7, 11) is 4.41. The number of nitrogen functional groups attached to an aromatic ring is 1. The maximum Gasteiger partial charge on any atom is 0.0318 e. The highest BCUT2D eigenvalue weighted by Crippen LogP contribution is 2.22. The summed E-state index contributed by atoms with van der Waals surface area (Å²) in [5.74, 6) is 0.834. The van der Waals surface area contributed by atoms with E-state index in [9.17, 15) is 0 Å². The molecular weight excluding hydrogens is 302 g/mol. The van der Waals surface area contributed by atoms with Gasteiger partial charge in [-0.3, -0.25) is 0 Å². The van der Waals surface area contributed by atoms with Crippen LogP contribution in [0.5, 0.6) is 0 Å². The number of piperidine rings is 1. The maximum atomic E-state index is 5.86. The Morgan fingerprint density at radius 1 is 1.37 bits per heavy atom. The second kappa shape index (κ2) is 6.73. The van der Waals surface area contributed by atoms with Crippen molar-refractivity contribution in [1.82, 2.24) is 9.80 Å². The predicted molar refractivity (Wildman–Crippen MR) is 85.1 cm³/mol. The molecule has 2 rings (SSSR count). The molecule has 3 nitrogen and oxygen atoms in total. The van der Waals surface area contributed by atoms with Gasteiger partial charge in [-0.2, -0.15) is 0 Å². The normalized spacial score (nSPS) is 18.1. The Labute approximate surface area is 124 Å². The number of anilines is 1. The van der Waals surface area contributed by atoms with Crippen molar-refractivity contribution >= 4 is 21.6 Å². The van der Waals surface area contributed by atoms with E-state index in [1.165, 1.54) is 38.0 Å². The zero-order valence-electron chi connectivity index (χ0n) is 11.9. The summed E-state index contributed by atoms with van der Waals surface area (Å²) in [6.45, 7) is 4.61. The Hall–Kier alpha value is -0.580. The van der Waals surface area contributed by atoms with Crippen molar-refractivity contribution in [2.45, 2.75) is 19.4 Å². The summed E-state index contributed by atoms with van der Waals surface area (Å²) in [5, 5.41) is 0. The van der Waals surface area contributed by atoms with E-state index in [-0.39, 0.29) is 0 Å². The van der Waals surface area contributed by atoms with E-state index < -0.39 is 0 Å². The Morgan fingerprint density at radius 3 is 2.74 bits per heavy atom. The minimum Gasteiger partial charge on any atom is -0.399 e. The molecule has 106 valence electrons. The third-order valence-electron chi connectivity index (χ3n) is 3.92. The van der Waals surface area contributed by atoms with E-state index in [1.54, 1.807) is 0 Å². The molecule has 19 heavy (non-hydrogen) atoms. The van der Waals surface area contributed by atoms with Gasteiger partial charge in [0.25, 0.3) is 0 Å². The minimum absolute atomic E-state index is 0.834. The van der Waals surface area contributed by atoms with Gasteiger partial charge in [0.05, 0.1) is 0 Å². The van der Waals surface area contributed by atoms with Gasteiger partial charge < -0.3 is 15.5 Å².